The van der Waals surface area contributed by atoms with Gasteiger partial charge in [0.15, 0.2) is 0 Å². The summed E-state index contributed by atoms with van der Waals surface area (Å²) in [5.41, 5.74) is 3.65. The van der Waals surface area contributed by atoms with Gasteiger partial charge in [0.25, 0.3) is 0 Å². The molecule has 0 aliphatic heterocycles. The fraction of sp³-hybridized carbons (Fsp3) is 0.667. The third kappa shape index (κ3) is 26.5. The van der Waals surface area contributed by atoms with Crippen LogP contribution in [0.1, 0.15) is 255 Å². The van der Waals surface area contributed by atoms with Crippen molar-refractivity contribution in [1.29, 1.82) is 0 Å². The van der Waals surface area contributed by atoms with Gasteiger partial charge in [0.1, 0.15) is 20.2 Å². The van der Waals surface area contributed by atoms with Crippen molar-refractivity contribution in [2.75, 3.05) is 0 Å². The topological polar surface area (TPSA) is 114 Å². The first-order valence-corrected chi connectivity index (χ1v) is 30.8. The first kappa shape index (κ1) is 63.9. The smallest absolute Gasteiger partial charge is 0.744 e. The standard InChI is InChI=1S/2C30H48O3S.Ba/c2*1-3-5-7-9-11-13-15-17-19-26-21-22-27-23-24-28(30(29(27)25-26)34(31,32)33)20-18-16-14-12-10-8-6-4-2;/h2*21-25H,3-20H2,1-2H3,(H,31,32,33);/q;;+2/p-2. The minimum Gasteiger partial charge on any atom is -0.744 e. The molecule has 6 nitrogen and oxygen atoms in total. The van der Waals surface area contributed by atoms with Gasteiger partial charge in [-0.05, 0) is 107 Å². The SMILES string of the molecule is CCCCCCCCCCc1ccc2ccc(CCCCCCCCCC)c(S(=O)(=O)[O-])c2c1.CCCCCCCCCCc1ccc2ccc(CCCCCCCCCC)c(S(=O)(=O)[O-])c2c1.[Ba+2]. The third-order valence-electron chi connectivity index (χ3n) is 14.0. The number of hydrogen-bond acceptors (Lipinski definition) is 6. The van der Waals surface area contributed by atoms with Crippen LogP contribution in [0.25, 0.3) is 21.5 Å². The molecule has 9 heteroatoms. The van der Waals surface area contributed by atoms with Gasteiger partial charge in [-0.15, -0.1) is 0 Å². The number of hydrogen-bond donors (Lipinski definition) is 0. The van der Waals surface area contributed by atoms with Gasteiger partial charge in [0.05, 0.1) is 9.79 Å². The van der Waals surface area contributed by atoms with E-state index >= 15 is 0 Å². The van der Waals surface area contributed by atoms with Crippen LogP contribution < -0.4 is 0 Å². The van der Waals surface area contributed by atoms with Crippen LogP contribution in [0.4, 0.5) is 0 Å². The number of rotatable bonds is 38. The second-order valence-corrected chi connectivity index (χ2v) is 22.7. The fourth-order valence-corrected chi connectivity index (χ4v) is 11.8. The van der Waals surface area contributed by atoms with E-state index in [-0.39, 0.29) is 58.7 Å². The van der Waals surface area contributed by atoms with Gasteiger partial charge in [0, 0.05) is 0 Å². The Morgan fingerprint density at radius 3 is 0.812 bits per heavy atom. The minimum atomic E-state index is -4.52. The summed E-state index contributed by atoms with van der Waals surface area (Å²) in [7, 11) is -9.05. The molecule has 0 spiro atoms. The molecule has 0 unspecified atom stereocenters. The third-order valence-corrected chi connectivity index (χ3v) is 15.9. The van der Waals surface area contributed by atoms with Gasteiger partial charge in [-0.3, -0.25) is 0 Å². The molecule has 384 valence electrons. The van der Waals surface area contributed by atoms with Crippen molar-refractivity contribution in [3.05, 3.63) is 82.9 Å². The van der Waals surface area contributed by atoms with Gasteiger partial charge in [-0.25, -0.2) is 16.8 Å². The molecule has 0 saturated heterocycles. The molecule has 4 aromatic carbocycles. The Labute approximate surface area is 463 Å². The Balaban J connectivity index is 0.000000467. The van der Waals surface area contributed by atoms with Crippen LogP contribution in [0.5, 0.6) is 0 Å². The molecule has 0 N–H and O–H groups in total. The predicted octanol–water partition coefficient (Wildman–Crippen LogP) is 17.8. The molecule has 0 atom stereocenters. The molecule has 0 fully saturated rings. The van der Waals surface area contributed by atoms with Gasteiger partial charge in [0.2, 0.25) is 0 Å². The summed E-state index contributed by atoms with van der Waals surface area (Å²) < 4.78 is 73.6. The number of fused-ring (bicyclic) bond motifs is 2. The molecule has 0 saturated carbocycles. The summed E-state index contributed by atoms with van der Waals surface area (Å²) in [5.74, 6) is 0. The maximum absolute atomic E-state index is 12.3. The van der Waals surface area contributed by atoms with Crippen molar-refractivity contribution in [3.63, 3.8) is 0 Å². The van der Waals surface area contributed by atoms with Crippen molar-refractivity contribution in [2.45, 2.75) is 269 Å². The van der Waals surface area contributed by atoms with Crippen molar-refractivity contribution in [3.8, 4) is 0 Å². The van der Waals surface area contributed by atoms with E-state index in [1.54, 1.807) is 0 Å². The number of unbranched alkanes of at least 4 members (excludes halogenated alkanes) is 28. The van der Waals surface area contributed by atoms with Gasteiger partial charge in [-0.2, -0.15) is 0 Å². The fourth-order valence-electron chi connectivity index (χ4n) is 9.89. The minimum absolute atomic E-state index is 0. The molecule has 0 radical (unpaired) electrons. The van der Waals surface area contributed by atoms with E-state index in [0.29, 0.717) is 34.7 Å². The van der Waals surface area contributed by atoms with E-state index in [0.717, 1.165) is 73.3 Å². The number of benzene rings is 4. The zero-order valence-corrected chi connectivity index (χ0v) is 50.3. The quantitative estimate of drug-likeness (QED) is 0.0251. The van der Waals surface area contributed by atoms with Gasteiger partial charge >= 0.3 is 48.9 Å². The van der Waals surface area contributed by atoms with Crippen LogP contribution in [0, 0.1) is 0 Å². The molecule has 0 heterocycles. The second-order valence-electron chi connectivity index (χ2n) is 20.0. The zero-order valence-electron chi connectivity index (χ0n) is 44.2. The molecule has 69 heavy (non-hydrogen) atoms. The molecular weight excluding hydrogens is 1020 g/mol. The normalized spacial score (nSPS) is 11.8. The Morgan fingerprint density at radius 2 is 0.551 bits per heavy atom. The van der Waals surface area contributed by atoms with E-state index in [2.05, 4.69) is 39.8 Å². The van der Waals surface area contributed by atoms with Gasteiger partial charge in [-0.1, -0.05) is 256 Å². The van der Waals surface area contributed by atoms with Crippen LogP contribution >= 0.6 is 0 Å². The Hall–Kier alpha value is -1.21. The van der Waals surface area contributed by atoms with Crippen molar-refractivity contribution >= 4 is 90.7 Å². The zero-order chi connectivity index (χ0) is 49.3. The van der Waals surface area contributed by atoms with Crippen LogP contribution in [0.3, 0.4) is 0 Å². The summed E-state index contributed by atoms with van der Waals surface area (Å²) in [6, 6.07) is 19.7. The summed E-state index contributed by atoms with van der Waals surface area (Å²) in [4.78, 5) is 0.0384. The predicted molar refractivity (Wildman–Crippen MR) is 295 cm³/mol. The maximum atomic E-state index is 12.3. The molecule has 0 amide bonds. The molecule has 0 aromatic heterocycles. The molecule has 4 rings (SSSR count). The van der Waals surface area contributed by atoms with E-state index in [1.165, 1.54) is 167 Å². The molecule has 0 bridgehead atoms. The average Bonchev–Trinajstić information content (AvgIpc) is 3.31. The van der Waals surface area contributed by atoms with E-state index in [1.807, 2.05) is 48.5 Å². The summed E-state index contributed by atoms with van der Waals surface area (Å²) >= 11 is 0. The second kappa shape index (κ2) is 38.4. The maximum Gasteiger partial charge on any atom is 2.00 e. The number of aryl methyl sites for hydroxylation is 4. The summed E-state index contributed by atoms with van der Waals surface area (Å²) in [6.07, 6.45) is 42.7. The molecule has 0 aliphatic rings. The van der Waals surface area contributed by atoms with Crippen LogP contribution in [0.2, 0.25) is 0 Å². The monoisotopic (exact) mass is 1110 g/mol. The first-order chi connectivity index (χ1) is 32.9. The van der Waals surface area contributed by atoms with Crippen molar-refractivity contribution in [2.24, 2.45) is 0 Å². The van der Waals surface area contributed by atoms with E-state index in [9.17, 15) is 25.9 Å². The molecule has 0 aliphatic carbocycles. The average molecular weight is 1110 g/mol. The summed E-state index contributed by atoms with van der Waals surface area (Å²) in [5, 5.41) is 2.91. The van der Waals surface area contributed by atoms with Gasteiger partial charge < -0.3 is 9.11 Å². The summed E-state index contributed by atoms with van der Waals surface area (Å²) in [6.45, 7) is 8.94. The van der Waals surface area contributed by atoms with Crippen molar-refractivity contribution in [1.82, 2.24) is 0 Å². The molecule has 4 aromatic rings. The van der Waals surface area contributed by atoms with Crippen LogP contribution in [0.15, 0.2) is 70.5 Å². The first-order valence-electron chi connectivity index (χ1n) is 27.9. The Morgan fingerprint density at radius 1 is 0.319 bits per heavy atom. The van der Waals surface area contributed by atoms with E-state index in [4.69, 9.17) is 0 Å². The Bertz CT molecular complexity index is 2020. The van der Waals surface area contributed by atoms with Crippen LogP contribution in [-0.4, -0.2) is 74.8 Å². The largest absolute Gasteiger partial charge is 2.00 e. The van der Waals surface area contributed by atoms with Crippen LogP contribution in [-0.2, 0) is 45.9 Å². The Kier molecular flexibility index (Phi) is 35.5. The molecular formula is C60H94BaO6S2. The van der Waals surface area contributed by atoms with E-state index < -0.39 is 20.2 Å². The van der Waals surface area contributed by atoms with Crippen molar-refractivity contribution < 1.29 is 25.9 Å².